The summed E-state index contributed by atoms with van der Waals surface area (Å²) in [6.45, 7) is 4.06. The first kappa shape index (κ1) is 14.5. The van der Waals surface area contributed by atoms with Crippen LogP contribution in [0.2, 0.25) is 10.0 Å². The highest BCUT2D eigenvalue weighted by atomic mass is 35.5. The smallest absolute Gasteiger partial charge is 0.134 e. The van der Waals surface area contributed by atoms with Gasteiger partial charge in [0.2, 0.25) is 0 Å². The van der Waals surface area contributed by atoms with E-state index >= 15 is 0 Å². The Labute approximate surface area is 133 Å². The molecule has 0 amide bonds. The molecule has 2 nitrogen and oxygen atoms in total. The summed E-state index contributed by atoms with van der Waals surface area (Å²) in [5, 5.41) is 2.10. The van der Waals surface area contributed by atoms with Crippen molar-refractivity contribution < 1.29 is 4.42 Å². The summed E-state index contributed by atoms with van der Waals surface area (Å²) >= 11 is 12.0. The maximum atomic E-state index is 6.34. The highest BCUT2D eigenvalue weighted by Gasteiger charge is 2.19. The average Bonchev–Trinajstić information content (AvgIpc) is 2.77. The van der Waals surface area contributed by atoms with Gasteiger partial charge in [0.1, 0.15) is 11.3 Å². The molecule has 21 heavy (non-hydrogen) atoms. The van der Waals surface area contributed by atoms with Crippen LogP contribution in [0.25, 0.3) is 11.0 Å². The van der Waals surface area contributed by atoms with Crippen LogP contribution < -0.4 is 5.73 Å². The maximum Gasteiger partial charge on any atom is 0.134 e. The fourth-order valence-electron chi connectivity index (χ4n) is 2.51. The third-order valence-corrected chi connectivity index (χ3v) is 4.45. The summed E-state index contributed by atoms with van der Waals surface area (Å²) in [7, 11) is 0. The molecule has 0 fully saturated rings. The van der Waals surface area contributed by atoms with E-state index in [0.29, 0.717) is 10.0 Å². The van der Waals surface area contributed by atoms with Crippen molar-refractivity contribution in [2.75, 3.05) is 0 Å². The fourth-order valence-corrected chi connectivity index (χ4v) is 2.81. The largest absolute Gasteiger partial charge is 0.459 e. The molecule has 1 heterocycles. The van der Waals surface area contributed by atoms with Crippen molar-refractivity contribution in [3.8, 4) is 0 Å². The predicted octanol–water partition coefficient (Wildman–Crippen LogP) is 5.40. The topological polar surface area (TPSA) is 39.2 Å². The van der Waals surface area contributed by atoms with E-state index in [1.165, 1.54) is 0 Å². The second-order valence-corrected chi connectivity index (χ2v) is 6.06. The summed E-state index contributed by atoms with van der Waals surface area (Å²) in [4.78, 5) is 0. The Morgan fingerprint density at radius 3 is 2.48 bits per heavy atom. The third kappa shape index (κ3) is 2.55. The molecule has 0 aliphatic carbocycles. The van der Waals surface area contributed by atoms with E-state index in [0.717, 1.165) is 33.4 Å². The van der Waals surface area contributed by atoms with Gasteiger partial charge in [-0.25, -0.2) is 0 Å². The Kier molecular flexibility index (Phi) is 3.70. The highest BCUT2D eigenvalue weighted by molar-refractivity contribution is 6.42. The summed E-state index contributed by atoms with van der Waals surface area (Å²) < 4.78 is 5.96. The van der Waals surface area contributed by atoms with Gasteiger partial charge in [0.15, 0.2) is 0 Å². The lowest BCUT2D eigenvalue weighted by Crippen LogP contribution is -2.12. The molecule has 0 aliphatic heterocycles. The molecule has 0 radical (unpaired) electrons. The van der Waals surface area contributed by atoms with Gasteiger partial charge >= 0.3 is 0 Å². The molecule has 1 atom stereocenters. The minimum Gasteiger partial charge on any atom is -0.459 e. The minimum absolute atomic E-state index is 0.368. The molecule has 2 aromatic carbocycles. The van der Waals surface area contributed by atoms with Crippen LogP contribution >= 0.6 is 23.2 Å². The Morgan fingerprint density at radius 2 is 1.76 bits per heavy atom. The summed E-state index contributed by atoms with van der Waals surface area (Å²) in [5.74, 6) is 0.758. The predicted molar refractivity (Wildman–Crippen MR) is 88.2 cm³/mol. The van der Waals surface area contributed by atoms with E-state index in [9.17, 15) is 0 Å². The van der Waals surface area contributed by atoms with Crippen molar-refractivity contribution in [3.63, 3.8) is 0 Å². The van der Waals surface area contributed by atoms with Crippen LogP contribution in [0.15, 0.2) is 40.8 Å². The van der Waals surface area contributed by atoms with E-state index in [-0.39, 0.29) is 6.04 Å². The molecule has 3 rings (SSSR count). The number of benzene rings is 2. The average molecular weight is 320 g/mol. The molecular weight excluding hydrogens is 305 g/mol. The molecule has 0 saturated carbocycles. The molecule has 4 heteroatoms. The number of hydrogen-bond acceptors (Lipinski definition) is 2. The van der Waals surface area contributed by atoms with E-state index in [2.05, 4.69) is 12.1 Å². The Hall–Kier alpha value is -1.48. The highest BCUT2D eigenvalue weighted by Crippen LogP contribution is 2.33. The normalized spacial score (nSPS) is 12.8. The third-order valence-electron chi connectivity index (χ3n) is 3.72. The second kappa shape index (κ2) is 5.38. The number of fused-ring (bicyclic) bond motifs is 1. The van der Waals surface area contributed by atoms with Crippen molar-refractivity contribution in [1.29, 1.82) is 0 Å². The number of rotatable bonds is 2. The number of hydrogen-bond donors (Lipinski definition) is 1. The van der Waals surface area contributed by atoms with Gasteiger partial charge in [-0.05, 0) is 43.2 Å². The lowest BCUT2D eigenvalue weighted by Gasteiger charge is -2.11. The van der Waals surface area contributed by atoms with E-state index in [1.54, 1.807) is 12.1 Å². The van der Waals surface area contributed by atoms with E-state index < -0.39 is 0 Å². The number of furan rings is 1. The van der Waals surface area contributed by atoms with Crippen LogP contribution in [0, 0.1) is 13.8 Å². The molecule has 1 unspecified atom stereocenters. The van der Waals surface area contributed by atoms with Gasteiger partial charge < -0.3 is 10.2 Å². The van der Waals surface area contributed by atoms with Crippen LogP contribution in [0.1, 0.15) is 28.5 Å². The Morgan fingerprint density at radius 1 is 1.00 bits per heavy atom. The molecule has 108 valence electrons. The lowest BCUT2D eigenvalue weighted by molar-refractivity contribution is 0.521. The first-order valence-corrected chi connectivity index (χ1v) is 7.43. The summed E-state index contributed by atoms with van der Waals surface area (Å²) in [6.07, 6.45) is 0. The fraction of sp³-hybridized carbons (Fsp3) is 0.176. The number of halogens is 2. The first-order valence-electron chi connectivity index (χ1n) is 6.67. The van der Waals surface area contributed by atoms with Crippen LogP contribution in [0.4, 0.5) is 0 Å². The van der Waals surface area contributed by atoms with Gasteiger partial charge in [-0.15, -0.1) is 0 Å². The molecule has 0 saturated heterocycles. The summed E-state index contributed by atoms with van der Waals surface area (Å²) in [6, 6.07) is 11.2. The van der Waals surface area contributed by atoms with Gasteiger partial charge in [0.05, 0.1) is 16.1 Å². The Balaban J connectivity index is 2.10. The zero-order valence-electron chi connectivity index (χ0n) is 11.8. The van der Waals surface area contributed by atoms with Crippen LogP contribution in [0.3, 0.4) is 0 Å². The minimum atomic E-state index is -0.368. The molecule has 0 spiro atoms. The van der Waals surface area contributed by atoms with Crippen molar-refractivity contribution >= 4 is 34.2 Å². The zero-order chi connectivity index (χ0) is 15.1. The molecule has 3 aromatic rings. The Bertz CT molecular complexity index is 823. The molecule has 0 aliphatic rings. The van der Waals surface area contributed by atoms with Crippen LogP contribution in [0.5, 0.6) is 0 Å². The van der Waals surface area contributed by atoms with Crippen molar-refractivity contribution in [2.24, 2.45) is 5.73 Å². The SMILES string of the molecule is Cc1ccc2c(C)c(C(N)c3ccc(Cl)c(Cl)c3)oc2c1. The molecule has 2 N–H and O–H groups in total. The quantitative estimate of drug-likeness (QED) is 0.686. The van der Waals surface area contributed by atoms with Crippen LogP contribution in [-0.4, -0.2) is 0 Å². The first-order chi connectivity index (χ1) is 9.97. The van der Waals surface area contributed by atoms with Crippen molar-refractivity contribution in [2.45, 2.75) is 19.9 Å². The number of aryl methyl sites for hydroxylation is 2. The number of nitrogens with two attached hydrogens (primary N) is 1. The standard InChI is InChI=1S/C17H15Cl2NO/c1-9-3-5-12-10(2)17(21-15(12)7-9)16(20)11-4-6-13(18)14(19)8-11/h3-8,16H,20H2,1-2H3. The van der Waals surface area contributed by atoms with Gasteiger partial charge in [0.25, 0.3) is 0 Å². The summed E-state index contributed by atoms with van der Waals surface area (Å²) in [5.41, 5.74) is 10.3. The maximum absolute atomic E-state index is 6.34. The molecule has 0 bridgehead atoms. The zero-order valence-corrected chi connectivity index (χ0v) is 13.3. The molecule has 1 aromatic heterocycles. The van der Waals surface area contributed by atoms with Gasteiger partial charge in [-0.1, -0.05) is 41.4 Å². The van der Waals surface area contributed by atoms with E-state index in [4.69, 9.17) is 33.4 Å². The van der Waals surface area contributed by atoms with Gasteiger partial charge in [0, 0.05) is 10.9 Å². The van der Waals surface area contributed by atoms with Gasteiger partial charge in [-0.2, -0.15) is 0 Å². The monoisotopic (exact) mass is 319 g/mol. The van der Waals surface area contributed by atoms with Crippen molar-refractivity contribution in [1.82, 2.24) is 0 Å². The second-order valence-electron chi connectivity index (χ2n) is 5.24. The molecular formula is C17H15Cl2NO. The van der Waals surface area contributed by atoms with Crippen molar-refractivity contribution in [3.05, 3.63) is 68.9 Å². The van der Waals surface area contributed by atoms with Gasteiger partial charge in [-0.3, -0.25) is 0 Å². The van der Waals surface area contributed by atoms with E-state index in [1.807, 2.05) is 26.0 Å². The van der Waals surface area contributed by atoms with Crippen LogP contribution in [-0.2, 0) is 0 Å². The lowest BCUT2D eigenvalue weighted by atomic mass is 10.0.